The van der Waals surface area contributed by atoms with E-state index in [1.165, 1.54) is 9.13 Å². The Bertz CT molecular complexity index is 983. The van der Waals surface area contributed by atoms with Gasteiger partial charge in [-0.2, -0.15) is 0 Å². The lowest BCUT2D eigenvalue weighted by atomic mass is 10.1. The third kappa shape index (κ3) is 5.11. The highest BCUT2D eigenvalue weighted by molar-refractivity contribution is 9.10. The molecule has 0 N–H and O–H groups in total. The SMILES string of the molecule is CC(C)CCn1c(Br)nc2c1c(=O)n(CCCO[Si](C)(C)C(C)(C)C)c(=O)n2C. The zero-order chi connectivity index (χ0) is 22.1. The van der Waals surface area contributed by atoms with Gasteiger partial charge in [-0.05, 0) is 52.8 Å². The average Bonchev–Trinajstić information content (AvgIpc) is 2.93. The molecule has 164 valence electrons. The van der Waals surface area contributed by atoms with Crippen molar-refractivity contribution in [2.75, 3.05) is 6.61 Å². The predicted molar refractivity (Wildman–Crippen MR) is 124 cm³/mol. The van der Waals surface area contributed by atoms with Gasteiger partial charge in [0, 0.05) is 26.7 Å². The molecule has 0 aliphatic heterocycles. The van der Waals surface area contributed by atoms with Crippen molar-refractivity contribution in [2.24, 2.45) is 13.0 Å². The fraction of sp³-hybridized carbons (Fsp3) is 0.750. The highest BCUT2D eigenvalue weighted by Gasteiger charge is 2.36. The minimum atomic E-state index is -1.84. The van der Waals surface area contributed by atoms with E-state index >= 15 is 0 Å². The standard InChI is InChI=1S/C20H35BrN4O3Si/c1-14(2)10-12-24-15-16(22-18(24)21)23(6)19(27)25(17(15)26)11-9-13-28-29(7,8)20(3,4)5/h14H,9-13H2,1-8H3. The van der Waals surface area contributed by atoms with E-state index in [0.717, 1.165) is 6.42 Å². The third-order valence-corrected chi connectivity index (χ3v) is 11.1. The number of halogens is 1. The molecule has 0 aliphatic rings. The van der Waals surface area contributed by atoms with Crippen molar-refractivity contribution in [3.8, 4) is 0 Å². The molecule has 29 heavy (non-hydrogen) atoms. The van der Waals surface area contributed by atoms with Crippen LogP contribution in [0.1, 0.15) is 47.5 Å². The number of imidazole rings is 1. The van der Waals surface area contributed by atoms with E-state index in [-0.39, 0.29) is 16.3 Å². The van der Waals surface area contributed by atoms with Crippen LogP contribution >= 0.6 is 15.9 Å². The molecule has 2 heterocycles. The Hall–Kier alpha value is -1.19. The van der Waals surface area contributed by atoms with Crippen molar-refractivity contribution < 1.29 is 4.43 Å². The van der Waals surface area contributed by atoms with Gasteiger partial charge in [0.05, 0.1) is 0 Å². The molecule has 0 atom stereocenters. The minimum Gasteiger partial charge on any atom is -0.417 e. The maximum absolute atomic E-state index is 13.2. The minimum absolute atomic E-state index is 0.133. The lowest BCUT2D eigenvalue weighted by molar-refractivity contribution is 0.273. The van der Waals surface area contributed by atoms with E-state index in [1.54, 1.807) is 7.05 Å². The molecule has 0 aromatic carbocycles. The van der Waals surface area contributed by atoms with Gasteiger partial charge in [0.15, 0.2) is 24.2 Å². The molecule has 0 spiro atoms. The zero-order valence-electron chi connectivity index (χ0n) is 19.0. The molecule has 2 aromatic rings. The van der Waals surface area contributed by atoms with Crippen LogP contribution in [0.25, 0.3) is 11.2 Å². The van der Waals surface area contributed by atoms with Crippen LogP contribution in [0.2, 0.25) is 18.1 Å². The summed E-state index contributed by atoms with van der Waals surface area (Å²) in [7, 11) is -0.177. The Morgan fingerprint density at radius 2 is 1.76 bits per heavy atom. The zero-order valence-corrected chi connectivity index (χ0v) is 21.6. The van der Waals surface area contributed by atoms with E-state index in [1.807, 2.05) is 4.57 Å². The number of rotatable bonds is 8. The summed E-state index contributed by atoms with van der Waals surface area (Å²) < 4.78 is 11.4. The molecule has 0 fully saturated rings. The van der Waals surface area contributed by atoms with Gasteiger partial charge in [0.25, 0.3) is 5.56 Å². The lowest BCUT2D eigenvalue weighted by Crippen LogP contribution is -2.42. The van der Waals surface area contributed by atoms with Crippen molar-refractivity contribution in [1.82, 2.24) is 18.7 Å². The van der Waals surface area contributed by atoms with Gasteiger partial charge in [0.1, 0.15) is 0 Å². The summed E-state index contributed by atoms with van der Waals surface area (Å²) in [5.41, 5.74) is 0.280. The summed E-state index contributed by atoms with van der Waals surface area (Å²) in [4.78, 5) is 30.4. The average molecular weight is 488 g/mol. The van der Waals surface area contributed by atoms with Gasteiger partial charge >= 0.3 is 5.69 Å². The van der Waals surface area contributed by atoms with Gasteiger partial charge in [-0.25, -0.2) is 9.78 Å². The highest BCUT2D eigenvalue weighted by Crippen LogP contribution is 2.36. The van der Waals surface area contributed by atoms with Gasteiger partial charge < -0.3 is 8.99 Å². The third-order valence-electron chi connectivity index (χ3n) is 5.91. The van der Waals surface area contributed by atoms with Crippen LogP contribution in [0.4, 0.5) is 0 Å². The lowest BCUT2D eigenvalue weighted by Gasteiger charge is -2.36. The van der Waals surface area contributed by atoms with Crippen molar-refractivity contribution in [3.05, 3.63) is 25.6 Å². The Kier molecular flexibility index (Phi) is 7.38. The Labute approximate surface area is 182 Å². The summed E-state index contributed by atoms with van der Waals surface area (Å²) in [6.07, 6.45) is 1.54. The van der Waals surface area contributed by atoms with E-state index in [9.17, 15) is 9.59 Å². The molecule has 0 radical (unpaired) electrons. The molecule has 0 bridgehead atoms. The van der Waals surface area contributed by atoms with Gasteiger partial charge in [-0.1, -0.05) is 34.6 Å². The van der Waals surface area contributed by atoms with Crippen LogP contribution in [-0.4, -0.2) is 33.6 Å². The summed E-state index contributed by atoms with van der Waals surface area (Å²) in [5, 5.41) is 0.133. The second-order valence-corrected chi connectivity index (χ2v) is 15.2. The van der Waals surface area contributed by atoms with Crippen molar-refractivity contribution in [1.29, 1.82) is 0 Å². The normalized spacial score (nSPS) is 13.0. The summed E-state index contributed by atoms with van der Waals surface area (Å²) >= 11 is 3.45. The Morgan fingerprint density at radius 1 is 1.14 bits per heavy atom. The fourth-order valence-corrected chi connectivity index (χ4v) is 4.51. The van der Waals surface area contributed by atoms with E-state index in [2.05, 4.69) is 68.6 Å². The largest absolute Gasteiger partial charge is 0.417 e. The smallest absolute Gasteiger partial charge is 0.332 e. The molecule has 0 saturated heterocycles. The van der Waals surface area contributed by atoms with Crippen LogP contribution in [0.5, 0.6) is 0 Å². The van der Waals surface area contributed by atoms with E-state index < -0.39 is 8.32 Å². The molecular formula is C20H35BrN4O3Si. The molecule has 0 unspecified atom stereocenters. The maximum atomic E-state index is 13.2. The molecule has 9 heteroatoms. The summed E-state index contributed by atoms with van der Waals surface area (Å²) in [6.45, 7) is 16.8. The molecule has 0 aliphatic carbocycles. The number of fused-ring (bicyclic) bond motifs is 1. The van der Waals surface area contributed by atoms with Crippen LogP contribution < -0.4 is 11.2 Å². The fourth-order valence-electron chi connectivity index (χ4n) is 2.90. The number of aryl methyl sites for hydroxylation is 2. The van der Waals surface area contributed by atoms with Gasteiger partial charge in [0.2, 0.25) is 0 Å². The first-order valence-electron chi connectivity index (χ1n) is 10.3. The molecule has 7 nitrogen and oxygen atoms in total. The molecule has 0 saturated carbocycles. The number of hydrogen-bond acceptors (Lipinski definition) is 4. The first kappa shape index (κ1) is 24.1. The van der Waals surface area contributed by atoms with Crippen LogP contribution in [0.15, 0.2) is 14.3 Å². The quantitative estimate of drug-likeness (QED) is 0.319. The van der Waals surface area contributed by atoms with Crippen LogP contribution in [0.3, 0.4) is 0 Å². The summed E-state index contributed by atoms with van der Waals surface area (Å²) in [6, 6.07) is 0. The van der Waals surface area contributed by atoms with E-state index in [0.29, 0.717) is 47.9 Å². The molecule has 2 rings (SSSR count). The molecule has 0 amide bonds. The maximum Gasteiger partial charge on any atom is 0.332 e. The van der Waals surface area contributed by atoms with Gasteiger partial charge in [-0.3, -0.25) is 13.9 Å². The van der Waals surface area contributed by atoms with Crippen LogP contribution in [-0.2, 0) is 24.6 Å². The van der Waals surface area contributed by atoms with Gasteiger partial charge in [-0.15, -0.1) is 0 Å². The summed E-state index contributed by atoms with van der Waals surface area (Å²) in [5.74, 6) is 0.501. The number of nitrogens with zero attached hydrogens (tertiary/aromatic N) is 4. The molecular weight excluding hydrogens is 452 g/mol. The van der Waals surface area contributed by atoms with Crippen LogP contribution in [0, 0.1) is 5.92 Å². The Morgan fingerprint density at radius 3 is 2.31 bits per heavy atom. The van der Waals surface area contributed by atoms with Crippen molar-refractivity contribution in [3.63, 3.8) is 0 Å². The molecule has 2 aromatic heterocycles. The topological polar surface area (TPSA) is 71.1 Å². The van der Waals surface area contributed by atoms with Crippen molar-refractivity contribution in [2.45, 2.75) is 78.7 Å². The first-order chi connectivity index (χ1) is 13.3. The second kappa shape index (κ2) is 8.89. The predicted octanol–water partition coefficient (Wildman–Crippen LogP) is 4.12. The first-order valence-corrected chi connectivity index (χ1v) is 14.0. The number of hydrogen-bond donors (Lipinski definition) is 0. The monoisotopic (exact) mass is 486 g/mol. The number of aromatic nitrogens is 4. The van der Waals surface area contributed by atoms with E-state index in [4.69, 9.17) is 4.43 Å². The second-order valence-electron chi connectivity index (χ2n) is 9.65. The highest BCUT2D eigenvalue weighted by atomic mass is 79.9. The van der Waals surface area contributed by atoms with Crippen molar-refractivity contribution >= 4 is 35.4 Å². The Balaban J connectivity index is 2.31.